The molecule has 1 amide bonds. The summed E-state index contributed by atoms with van der Waals surface area (Å²) in [6, 6.07) is 15.2. The Kier molecular flexibility index (Phi) is 6.07. The van der Waals surface area contributed by atoms with Gasteiger partial charge in [-0.05, 0) is 75.1 Å². The summed E-state index contributed by atoms with van der Waals surface area (Å²) in [7, 11) is 0. The van der Waals surface area contributed by atoms with Crippen LogP contribution in [0.4, 0.5) is 16.2 Å². The van der Waals surface area contributed by atoms with Gasteiger partial charge in [-0.15, -0.1) is 0 Å². The molecule has 3 aliphatic rings. The van der Waals surface area contributed by atoms with E-state index >= 15 is 0 Å². The van der Waals surface area contributed by atoms with Crippen LogP contribution in [-0.2, 0) is 11.2 Å². The maximum absolute atomic E-state index is 12.3. The van der Waals surface area contributed by atoms with E-state index in [1.807, 2.05) is 37.5 Å². The van der Waals surface area contributed by atoms with Crippen molar-refractivity contribution < 1.29 is 9.53 Å². The van der Waals surface area contributed by atoms with Gasteiger partial charge >= 0.3 is 6.09 Å². The van der Waals surface area contributed by atoms with Gasteiger partial charge in [-0.2, -0.15) is 0 Å². The molecule has 1 aromatic heterocycles. The van der Waals surface area contributed by atoms with Gasteiger partial charge in [0.05, 0.1) is 29.8 Å². The van der Waals surface area contributed by atoms with Crippen molar-refractivity contribution in [3.8, 4) is 11.3 Å². The number of aromatic nitrogens is 1. The average Bonchev–Trinajstić information content (AvgIpc) is 3.50. The van der Waals surface area contributed by atoms with Gasteiger partial charge in [-0.1, -0.05) is 24.3 Å². The van der Waals surface area contributed by atoms with Crippen molar-refractivity contribution in [3.05, 3.63) is 48.0 Å². The molecule has 6 rings (SSSR count). The largest absolute Gasteiger partial charge is 0.446 e. The fourth-order valence-electron chi connectivity index (χ4n) is 5.41. The van der Waals surface area contributed by atoms with Gasteiger partial charge in [-0.25, -0.2) is 4.79 Å². The van der Waals surface area contributed by atoms with Crippen LogP contribution in [0.3, 0.4) is 0 Å². The molecule has 1 aliphatic heterocycles. The maximum Gasteiger partial charge on any atom is 0.411 e. The lowest BCUT2D eigenvalue weighted by Crippen LogP contribution is -2.22. The third-order valence-corrected chi connectivity index (χ3v) is 7.98. The molecule has 7 heteroatoms. The highest BCUT2D eigenvalue weighted by Gasteiger charge is 2.31. The first-order chi connectivity index (χ1) is 17.6. The number of benzene rings is 2. The first-order valence-corrected chi connectivity index (χ1v) is 13.3. The molecule has 7 nitrogen and oxygen atoms in total. The Morgan fingerprint density at radius 1 is 1.17 bits per heavy atom. The molecular formula is C29H35N5O2. The fraction of sp³-hybridized carbons (Fsp3) is 0.448. The second-order valence-electron chi connectivity index (χ2n) is 10.5. The van der Waals surface area contributed by atoms with Gasteiger partial charge in [0.2, 0.25) is 0 Å². The second kappa shape index (κ2) is 9.52. The van der Waals surface area contributed by atoms with Gasteiger partial charge in [0.1, 0.15) is 6.10 Å². The van der Waals surface area contributed by atoms with Crippen molar-refractivity contribution in [1.82, 2.24) is 9.47 Å². The summed E-state index contributed by atoms with van der Waals surface area (Å²) in [6.07, 6.45) is 8.43. The Morgan fingerprint density at radius 2 is 1.97 bits per heavy atom. The minimum absolute atomic E-state index is 0.0318. The maximum atomic E-state index is 12.3. The van der Waals surface area contributed by atoms with E-state index in [0.29, 0.717) is 12.0 Å². The number of nitrogen functional groups attached to an aromatic ring is 1. The molecule has 2 heterocycles. The van der Waals surface area contributed by atoms with E-state index < -0.39 is 6.09 Å². The molecule has 2 aromatic carbocycles. The van der Waals surface area contributed by atoms with Crippen LogP contribution < -0.4 is 11.1 Å². The van der Waals surface area contributed by atoms with E-state index in [-0.39, 0.29) is 6.10 Å². The number of nitrogens with zero attached hydrogens (tertiary/aromatic N) is 3. The number of ether oxygens (including phenoxy) is 1. The summed E-state index contributed by atoms with van der Waals surface area (Å²) in [5.74, 6) is 0.518. The van der Waals surface area contributed by atoms with Crippen molar-refractivity contribution in [1.29, 1.82) is 0 Å². The Morgan fingerprint density at radius 3 is 2.64 bits per heavy atom. The number of nitrogens with two attached hydrogens (primary N) is 1. The summed E-state index contributed by atoms with van der Waals surface area (Å²) in [5, 5.41) is 3.98. The van der Waals surface area contributed by atoms with Crippen LogP contribution in [0.5, 0.6) is 0 Å². The van der Waals surface area contributed by atoms with E-state index in [1.54, 1.807) is 0 Å². The lowest BCUT2D eigenvalue weighted by atomic mass is 9.92. The molecule has 2 aliphatic carbocycles. The topological polar surface area (TPSA) is 84.9 Å². The fourth-order valence-corrected chi connectivity index (χ4v) is 5.41. The van der Waals surface area contributed by atoms with Crippen molar-refractivity contribution >= 4 is 34.7 Å². The van der Waals surface area contributed by atoms with Crippen LogP contribution in [0.2, 0.25) is 0 Å². The number of nitrogens with one attached hydrogen (secondary N) is 1. The molecule has 3 N–H and O–H groups in total. The van der Waals surface area contributed by atoms with Crippen LogP contribution in [0.25, 0.3) is 22.2 Å². The zero-order chi connectivity index (χ0) is 24.6. The van der Waals surface area contributed by atoms with Crippen molar-refractivity contribution in [3.63, 3.8) is 0 Å². The molecule has 2 fully saturated rings. The molecule has 2 saturated carbocycles. The quantitative estimate of drug-likeness (QED) is 0.419. The van der Waals surface area contributed by atoms with E-state index in [4.69, 9.17) is 10.5 Å². The van der Waals surface area contributed by atoms with Gasteiger partial charge in [0, 0.05) is 35.8 Å². The number of hydrogen-bond acceptors (Lipinski definition) is 5. The highest BCUT2D eigenvalue weighted by Crippen LogP contribution is 2.44. The van der Waals surface area contributed by atoms with Crippen LogP contribution in [-0.4, -0.2) is 47.6 Å². The van der Waals surface area contributed by atoms with Crippen LogP contribution in [0.15, 0.2) is 47.5 Å². The summed E-state index contributed by atoms with van der Waals surface area (Å²) >= 11 is 0. The third-order valence-electron chi connectivity index (χ3n) is 7.98. The number of rotatable bonds is 8. The standard InChI is InChI=1S/C29H35N5O2/c1-19(21-6-7-21)36-29(35)32-23-10-8-22(9-11-23)28-27(30)25-12-5-20(13-15-33-16-14-31-18-33)17-26(25)34(28)24-3-2-4-24/h5,8-12,17-19,21,24H,2-4,6-7,13-16,30H2,1H3,(H,32,35). The summed E-state index contributed by atoms with van der Waals surface area (Å²) in [6.45, 7) is 4.87. The second-order valence-corrected chi connectivity index (χ2v) is 10.5. The zero-order valence-corrected chi connectivity index (χ0v) is 21.0. The highest BCUT2D eigenvalue weighted by molar-refractivity contribution is 6.01. The summed E-state index contributed by atoms with van der Waals surface area (Å²) < 4.78 is 7.97. The first-order valence-electron chi connectivity index (χ1n) is 13.3. The minimum atomic E-state index is -0.391. The molecule has 188 valence electrons. The number of fused-ring (bicyclic) bond motifs is 1. The number of carbonyl (C=O) groups is 1. The molecule has 0 saturated heterocycles. The van der Waals surface area contributed by atoms with E-state index in [0.717, 1.165) is 66.9 Å². The van der Waals surface area contributed by atoms with E-state index in [2.05, 4.69) is 38.0 Å². The Labute approximate surface area is 212 Å². The predicted octanol–water partition coefficient (Wildman–Crippen LogP) is 5.85. The SMILES string of the molecule is CC(OC(=O)Nc1ccc(-c2c(N)c3ccc(CCN4C=NCC4)cc3n2C2CCC2)cc1)C1CC1. The number of carbonyl (C=O) groups excluding carboxylic acids is 1. The van der Waals surface area contributed by atoms with Gasteiger partial charge < -0.3 is 19.9 Å². The van der Waals surface area contributed by atoms with Crippen molar-refractivity contribution in [2.75, 3.05) is 30.7 Å². The van der Waals surface area contributed by atoms with Crippen molar-refractivity contribution in [2.45, 2.75) is 57.6 Å². The summed E-state index contributed by atoms with van der Waals surface area (Å²) in [5.41, 5.74) is 13.0. The Balaban J connectivity index is 1.26. The lowest BCUT2D eigenvalue weighted by Gasteiger charge is -2.30. The third kappa shape index (κ3) is 4.54. The van der Waals surface area contributed by atoms with Crippen molar-refractivity contribution in [2.24, 2.45) is 10.9 Å². The van der Waals surface area contributed by atoms with Crippen LogP contribution >= 0.6 is 0 Å². The monoisotopic (exact) mass is 485 g/mol. The molecule has 0 bridgehead atoms. The minimum Gasteiger partial charge on any atom is -0.446 e. The molecule has 3 aromatic rings. The lowest BCUT2D eigenvalue weighted by molar-refractivity contribution is 0.108. The number of hydrogen-bond donors (Lipinski definition) is 2. The van der Waals surface area contributed by atoms with E-state index in [1.165, 1.54) is 30.3 Å². The number of aliphatic imine (C=N–C) groups is 1. The number of anilines is 2. The molecule has 1 unspecified atom stereocenters. The van der Waals surface area contributed by atoms with Gasteiger partial charge in [0.15, 0.2) is 0 Å². The average molecular weight is 486 g/mol. The molecule has 0 spiro atoms. The van der Waals surface area contributed by atoms with Crippen LogP contribution in [0, 0.1) is 5.92 Å². The van der Waals surface area contributed by atoms with Crippen LogP contribution in [0.1, 0.15) is 50.6 Å². The molecule has 0 radical (unpaired) electrons. The Bertz CT molecular complexity index is 1290. The number of amides is 1. The first kappa shape index (κ1) is 23.0. The van der Waals surface area contributed by atoms with E-state index in [9.17, 15) is 4.79 Å². The molecule has 36 heavy (non-hydrogen) atoms. The Hall–Kier alpha value is -3.48. The van der Waals surface area contributed by atoms with Gasteiger partial charge in [0.25, 0.3) is 0 Å². The zero-order valence-electron chi connectivity index (χ0n) is 21.0. The molecular weight excluding hydrogens is 450 g/mol. The highest BCUT2D eigenvalue weighted by atomic mass is 16.6. The van der Waals surface area contributed by atoms with Gasteiger partial charge in [-0.3, -0.25) is 10.3 Å². The normalized spacial score (nSPS) is 18.4. The molecule has 1 atom stereocenters. The summed E-state index contributed by atoms with van der Waals surface area (Å²) in [4.78, 5) is 18.9. The predicted molar refractivity (Wildman–Crippen MR) is 146 cm³/mol. The smallest absolute Gasteiger partial charge is 0.411 e.